The second kappa shape index (κ2) is 8.33. The van der Waals surface area contributed by atoms with Crippen LogP contribution in [0.2, 0.25) is 0 Å². The van der Waals surface area contributed by atoms with Gasteiger partial charge in [-0.25, -0.2) is 13.2 Å². The fourth-order valence-electron chi connectivity index (χ4n) is 2.90. The van der Waals surface area contributed by atoms with E-state index in [4.69, 9.17) is 10.00 Å². The van der Waals surface area contributed by atoms with Crippen LogP contribution < -0.4 is 0 Å². The number of carbonyl (C=O) groups is 2. The van der Waals surface area contributed by atoms with Crippen LogP contribution in [0.25, 0.3) is 0 Å². The Balaban J connectivity index is 1.63. The number of Topliss-reactive ketones (excluding diaryl/α,β-unsaturated/α-hetero) is 1. The Morgan fingerprint density at radius 1 is 1.04 bits per heavy atom. The van der Waals surface area contributed by atoms with E-state index in [1.54, 1.807) is 12.1 Å². The second-order valence-corrected chi connectivity index (χ2v) is 8.27. The third-order valence-corrected chi connectivity index (χ3v) is 6.35. The average Bonchev–Trinajstić information content (AvgIpc) is 3.27. The van der Waals surface area contributed by atoms with E-state index in [0.29, 0.717) is 18.7 Å². The molecule has 1 aliphatic heterocycles. The summed E-state index contributed by atoms with van der Waals surface area (Å²) < 4.78 is 31.4. The maximum Gasteiger partial charge on any atom is 0.338 e. The Kier molecular flexibility index (Phi) is 5.87. The number of carbonyl (C=O) groups excluding carboxylic acids is 2. The Morgan fingerprint density at radius 2 is 1.71 bits per heavy atom. The maximum atomic E-state index is 12.5. The van der Waals surface area contributed by atoms with Crippen LogP contribution >= 0.6 is 0 Å². The molecule has 0 saturated carbocycles. The molecule has 28 heavy (non-hydrogen) atoms. The molecule has 0 amide bonds. The Labute approximate surface area is 163 Å². The molecular weight excluding hydrogens is 380 g/mol. The van der Waals surface area contributed by atoms with Gasteiger partial charge in [-0.05, 0) is 55.3 Å². The topological polar surface area (TPSA) is 105 Å². The Morgan fingerprint density at radius 3 is 2.36 bits per heavy atom. The molecule has 0 unspecified atom stereocenters. The van der Waals surface area contributed by atoms with Crippen molar-refractivity contribution in [1.82, 2.24) is 4.31 Å². The predicted octanol–water partition coefficient (Wildman–Crippen LogP) is 2.38. The fraction of sp³-hybridized carbons (Fsp3) is 0.250. The molecule has 3 rings (SSSR count). The van der Waals surface area contributed by atoms with Gasteiger partial charge in [-0.3, -0.25) is 4.79 Å². The zero-order valence-electron chi connectivity index (χ0n) is 15.0. The van der Waals surface area contributed by atoms with Crippen molar-refractivity contribution in [2.75, 3.05) is 19.7 Å². The highest BCUT2D eigenvalue weighted by atomic mass is 32.2. The molecule has 1 heterocycles. The van der Waals surface area contributed by atoms with E-state index in [-0.39, 0.29) is 16.0 Å². The normalized spacial score (nSPS) is 14.4. The SMILES string of the molecule is N#Cc1cccc(C(=O)OCC(=O)c2ccc(S(=O)(=O)N3CCCC3)cc2)c1. The summed E-state index contributed by atoms with van der Waals surface area (Å²) in [5.74, 6) is -1.16. The van der Waals surface area contributed by atoms with Crippen LogP contribution in [0.3, 0.4) is 0 Å². The van der Waals surface area contributed by atoms with Gasteiger partial charge in [0.1, 0.15) is 0 Å². The number of benzene rings is 2. The van der Waals surface area contributed by atoms with Crippen molar-refractivity contribution in [2.24, 2.45) is 0 Å². The maximum absolute atomic E-state index is 12.5. The van der Waals surface area contributed by atoms with E-state index in [1.807, 2.05) is 6.07 Å². The molecule has 0 aromatic heterocycles. The van der Waals surface area contributed by atoms with E-state index in [9.17, 15) is 18.0 Å². The summed E-state index contributed by atoms with van der Waals surface area (Å²) in [7, 11) is -3.54. The third-order valence-electron chi connectivity index (χ3n) is 4.44. The van der Waals surface area contributed by atoms with Crippen LogP contribution in [-0.2, 0) is 14.8 Å². The number of hydrogen-bond donors (Lipinski definition) is 0. The number of nitriles is 1. The first-order chi connectivity index (χ1) is 13.4. The molecule has 0 aliphatic carbocycles. The van der Waals surface area contributed by atoms with Gasteiger partial charge in [-0.15, -0.1) is 0 Å². The number of esters is 1. The Bertz CT molecular complexity index is 1030. The number of nitrogens with zero attached hydrogens (tertiary/aromatic N) is 2. The molecule has 144 valence electrons. The summed E-state index contributed by atoms with van der Waals surface area (Å²) in [6.45, 7) is 0.534. The molecule has 0 bridgehead atoms. The van der Waals surface area contributed by atoms with Gasteiger partial charge in [0, 0.05) is 18.7 Å². The van der Waals surface area contributed by atoms with Gasteiger partial charge in [0.25, 0.3) is 0 Å². The van der Waals surface area contributed by atoms with Crippen LogP contribution in [-0.4, -0.2) is 44.2 Å². The van der Waals surface area contributed by atoms with Gasteiger partial charge in [-0.1, -0.05) is 6.07 Å². The number of ether oxygens (including phenoxy) is 1. The summed E-state index contributed by atoms with van der Waals surface area (Å²) in [6, 6.07) is 13.5. The van der Waals surface area contributed by atoms with Crippen molar-refractivity contribution in [3.63, 3.8) is 0 Å². The lowest BCUT2D eigenvalue weighted by atomic mass is 10.1. The van der Waals surface area contributed by atoms with Gasteiger partial charge in [-0.2, -0.15) is 9.57 Å². The first-order valence-electron chi connectivity index (χ1n) is 8.72. The molecule has 1 fully saturated rings. The van der Waals surface area contributed by atoms with Crippen LogP contribution in [0.15, 0.2) is 53.4 Å². The number of rotatable bonds is 6. The molecule has 7 nitrogen and oxygen atoms in total. The Hall–Kier alpha value is -3.02. The largest absolute Gasteiger partial charge is 0.454 e. The molecule has 0 radical (unpaired) electrons. The number of ketones is 1. The molecule has 1 aliphatic rings. The highest BCUT2D eigenvalue weighted by molar-refractivity contribution is 7.89. The van der Waals surface area contributed by atoms with Crippen LogP contribution in [0.4, 0.5) is 0 Å². The molecule has 1 saturated heterocycles. The van der Waals surface area contributed by atoms with Crippen LogP contribution in [0.1, 0.15) is 39.1 Å². The minimum absolute atomic E-state index is 0.135. The average molecular weight is 398 g/mol. The van der Waals surface area contributed by atoms with Crippen molar-refractivity contribution in [2.45, 2.75) is 17.7 Å². The first kappa shape index (κ1) is 19.7. The minimum atomic E-state index is -3.54. The molecule has 2 aromatic rings. The van der Waals surface area contributed by atoms with Gasteiger partial charge in [0.2, 0.25) is 10.0 Å². The first-order valence-corrected chi connectivity index (χ1v) is 10.2. The zero-order chi connectivity index (χ0) is 20.1. The van der Waals surface area contributed by atoms with Gasteiger partial charge in [0.05, 0.1) is 22.1 Å². The summed E-state index contributed by atoms with van der Waals surface area (Å²) in [5, 5.41) is 8.86. The highest BCUT2D eigenvalue weighted by Gasteiger charge is 2.27. The summed E-state index contributed by atoms with van der Waals surface area (Å²) in [5.41, 5.74) is 0.744. The van der Waals surface area contributed by atoms with Gasteiger partial charge < -0.3 is 4.74 Å². The summed E-state index contributed by atoms with van der Waals surface area (Å²) >= 11 is 0. The van der Waals surface area contributed by atoms with Crippen molar-refractivity contribution in [3.8, 4) is 6.07 Å². The van der Waals surface area contributed by atoms with E-state index >= 15 is 0 Å². The van der Waals surface area contributed by atoms with Crippen molar-refractivity contribution >= 4 is 21.8 Å². The van der Waals surface area contributed by atoms with Crippen LogP contribution in [0, 0.1) is 11.3 Å². The zero-order valence-corrected chi connectivity index (χ0v) is 15.8. The van der Waals surface area contributed by atoms with E-state index in [1.165, 1.54) is 40.7 Å². The smallest absolute Gasteiger partial charge is 0.338 e. The third kappa shape index (κ3) is 4.27. The van der Waals surface area contributed by atoms with E-state index < -0.39 is 28.4 Å². The lowest BCUT2D eigenvalue weighted by Gasteiger charge is -2.15. The quantitative estimate of drug-likeness (QED) is 0.546. The van der Waals surface area contributed by atoms with Crippen molar-refractivity contribution in [1.29, 1.82) is 5.26 Å². The van der Waals surface area contributed by atoms with E-state index in [2.05, 4.69) is 0 Å². The van der Waals surface area contributed by atoms with Gasteiger partial charge >= 0.3 is 5.97 Å². The second-order valence-electron chi connectivity index (χ2n) is 6.33. The lowest BCUT2D eigenvalue weighted by molar-refractivity contribution is 0.0474. The fourth-order valence-corrected chi connectivity index (χ4v) is 4.42. The van der Waals surface area contributed by atoms with Crippen molar-refractivity contribution < 1.29 is 22.7 Å². The molecule has 0 N–H and O–H groups in total. The molecule has 0 atom stereocenters. The lowest BCUT2D eigenvalue weighted by Crippen LogP contribution is -2.27. The minimum Gasteiger partial charge on any atom is -0.454 e. The van der Waals surface area contributed by atoms with Crippen molar-refractivity contribution in [3.05, 3.63) is 65.2 Å². The van der Waals surface area contributed by atoms with Crippen LogP contribution in [0.5, 0.6) is 0 Å². The van der Waals surface area contributed by atoms with Gasteiger partial charge in [0.15, 0.2) is 12.4 Å². The highest BCUT2D eigenvalue weighted by Crippen LogP contribution is 2.21. The van der Waals surface area contributed by atoms with E-state index in [0.717, 1.165) is 12.8 Å². The predicted molar refractivity (Wildman–Crippen MR) is 100 cm³/mol. The number of sulfonamides is 1. The number of hydrogen-bond acceptors (Lipinski definition) is 6. The molecule has 0 spiro atoms. The standard InChI is InChI=1S/C20H18N2O5S/c21-13-15-4-3-5-17(12-15)20(24)27-14-19(23)16-6-8-18(9-7-16)28(25,26)22-10-1-2-11-22/h3-9,12H,1-2,10-11,14H2. The molecule has 2 aromatic carbocycles. The summed E-state index contributed by atoms with van der Waals surface area (Å²) in [4.78, 5) is 24.4. The monoisotopic (exact) mass is 398 g/mol. The summed E-state index contributed by atoms with van der Waals surface area (Å²) in [6.07, 6.45) is 1.69. The molecular formula is C20H18N2O5S. The molecule has 8 heteroatoms.